The molecule has 0 aliphatic carbocycles. The largest absolute Gasteiger partial charge is 0.497 e. The average molecular weight is 491 g/mol. The van der Waals surface area contributed by atoms with E-state index in [4.69, 9.17) is 21.7 Å². The Kier molecular flexibility index (Phi) is 7.30. The van der Waals surface area contributed by atoms with Gasteiger partial charge in [0.05, 0.1) is 17.7 Å². The van der Waals surface area contributed by atoms with Gasteiger partial charge in [-0.15, -0.1) is 0 Å². The van der Waals surface area contributed by atoms with Crippen LogP contribution in [0.4, 0.5) is 11.4 Å². The molecular formula is C26H22N2O4S2. The Hall–Kier alpha value is -3.62. The van der Waals surface area contributed by atoms with Crippen molar-refractivity contribution in [3.05, 3.63) is 88.8 Å². The predicted octanol–water partition coefficient (Wildman–Crippen LogP) is 5.43. The zero-order valence-electron chi connectivity index (χ0n) is 18.6. The first-order valence-electron chi connectivity index (χ1n) is 10.4. The minimum absolute atomic E-state index is 0.179. The number of hydrogen-bond donors (Lipinski definition) is 1. The van der Waals surface area contributed by atoms with Crippen LogP contribution >= 0.6 is 24.0 Å². The van der Waals surface area contributed by atoms with Crippen molar-refractivity contribution in [2.45, 2.75) is 6.92 Å². The van der Waals surface area contributed by atoms with Crippen molar-refractivity contribution in [3.63, 3.8) is 0 Å². The van der Waals surface area contributed by atoms with Crippen LogP contribution in [0.1, 0.15) is 11.1 Å². The third-order valence-electron chi connectivity index (χ3n) is 5.02. The SMILES string of the molecule is COc1ccc(NC(=O)COc2ccccc2/C=C2\SC(=S)N(c3ccc(C)cc3)C2=O)cc1. The summed E-state index contributed by atoms with van der Waals surface area (Å²) >= 11 is 6.69. The lowest BCUT2D eigenvalue weighted by molar-refractivity contribution is -0.118. The van der Waals surface area contributed by atoms with Crippen molar-refractivity contribution in [2.24, 2.45) is 0 Å². The Morgan fingerprint density at radius 1 is 1.06 bits per heavy atom. The molecule has 34 heavy (non-hydrogen) atoms. The number of methoxy groups -OCH3 is 1. The summed E-state index contributed by atoms with van der Waals surface area (Å²) in [6, 6.07) is 21.9. The highest BCUT2D eigenvalue weighted by Gasteiger charge is 2.33. The van der Waals surface area contributed by atoms with E-state index in [0.29, 0.717) is 32.0 Å². The van der Waals surface area contributed by atoms with Crippen LogP contribution in [0.3, 0.4) is 0 Å². The molecule has 1 N–H and O–H groups in total. The van der Waals surface area contributed by atoms with E-state index in [-0.39, 0.29) is 18.4 Å². The van der Waals surface area contributed by atoms with Gasteiger partial charge in [-0.2, -0.15) is 0 Å². The van der Waals surface area contributed by atoms with E-state index in [1.165, 1.54) is 16.7 Å². The predicted molar refractivity (Wildman–Crippen MR) is 140 cm³/mol. The number of carbonyl (C=O) groups excluding carboxylic acids is 2. The van der Waals surface area contributed by atoms with Crippen LogP contribution in [0, 0.1) is 6.92 Å². The number of amides is 2. The van der Waals surface area contributed by atoms with E-state index in [0.717, 1.165) is 11.3 Å². The van der Waals surface area contributed by atoms with Gasteiger partial charge in [0.25, 0.3) is 11.8 Å². The molecule has 0 atom stereocenters. The highest BCUT2D eigenvalue weighted by atomic mass is 32.2. The quantitative estimate of drug-likeness (QED) is 0.352. The maximum Gasteiger partial charge on any atom is 0.270 e. The van der Waals surface area contributed by atoms with Crippen LogP contribution in [0.5, 0.6) is 11.5 Å². The standard InChI is InChI=1S/C26H22N2O4S2/c1-17-7-11-20(12-8-17)28-25(30)23(34-26(28)33)15-18-5-3-4-6-22(18)32-16-24(29)27-19-9-13-21(31-2)14-10-19/h3-15H,16H2,1-2H3,(H,27,29)/b23-15-. The van der Waals surface area contributed by atoms with Crippen molar-refractivity contribution in [3.8, 4) is 11.5 Å². The number of para-hydroxylation sites is 1. The highest BCUT2D eigenvalue weighted by Crippen LogP contribution is 2.37. The molecule has 1 aliphatic heterocycles. The fourth-order valence-electron chi connectivity index (χ4n) is 3.27. The zero-order valence-corrected chi connectivity index (χ0v) is 20.2. The molecule has 0 spiro atoms. The summed E-state index contributed by atoms with van der Waals surface area (Å²) in [6.07, 6.45) is 1.74. The molecule has 3 aromatic carbocycles. The average Bonchev–Trinajstić information content (AvgIpc) is 3.12. The fourth-order valence-corrected chi connectivity index (χ4v) is 4.56. The molecule has 0 radical (unpaired) electrons. The second-order valence-corrected chi connectivity index (χ2v) is 9.13. The first kappa shape index (κ1) is 23.5. The number of carbonyl (C=O) groups is 2. The monoisotopic (exact) mass is 490 g/mol. The molecule has 0 aromatic heterocycles. The van der Waals surface area contributed by atoms with E-state index >= 15 is 0 Å². The number of anilines is 2. The normalized spacial score (nSPS) is 14.4. The summed E-state index contributed by atoms with van der Waals surface area (Å²) in [5, 5.41) is 2.78. The third-order valence-corrected chi connectivity index (χ3v) is 6.33. The van der Waals surface area contributed by atoms with Crippen LogP contribution in [-0.2, 0) is 9.59 Å². The molecule has 8 heteroatoms. The highest BCUT2D eigenvalue weighted by molar-refractivity contribution is 8.27. The molecule has 6 nitrogen and oxygen atoms in total. The van der Waals surface area contributed by atoms with Gasteiger partial charge < -0.3 is 14.8 Å². The van der Waals surface area contributed by atoms with Gasteiger partial charge in [-0.1, -0.05) is 59.9 Å². The maximum absolute atomic E-state index is 13.1. The van der Waals surface area contributed by atoms with E-state index in [9.17, 15) is 9.59 Å². The molecule has 0 unspecified atom stereocenters. The van der Waals surface area contributed by atoms with Gasteiger partial charge in [-0.25, -0.2) is 0 Å². The Morgan fingerprint density at radius 2 is 1.76 bits per heavy atom. The number of benzene rings is 3. The van der Waals surface area contributed by atoms with Gasteiger partial charge in [-0.05, 0) is 55.5 Å². The fraction of sp³-hybridized carbons (Fsp3) is 0.115. The van der Waals surface area contributed by atoms with E-state index in [1.807, 2.05) is 49.4 Å². The lowest BCUT2D eigenvalue weighted by Crippen LogP contribution is -2.27. The van der Waals surface area contributed by atoms with Gasteiger partial charge in [0.2, 0.25) is 0 Å². The van der Waals surface area contributed by atoms with E-state index in [1.54, 1.807) is 43.5 Å². The Balaban J connectivity index is 1.45. The van der Waals surface area contributed by atoms with Crippen molar-refractivity contribution in [2.75, 3.05) is 23.9 Å². The Morgan fingerprint density at radius 3 is 2.47 bits per heavy atom. The molecule has 0 bridgehead atoms. The number of thiocarbonyl (C=S) groups is 1. The number of hydrogen-bond acceptors (Lipinski definition) is 6. The van der Waals surface area contributed by atoms with Crippen LogP contribution in [-0.4, -0.2) is 29.9 Å². The molecule has 3 aromatic rings. The van der Waals surface area contributed by atoms with Crippen molar-refractivity contribution in [1.82, 2.24) is 0 Å². The molecule has 1 aliphatic rings. The number of nitrogens with one attached hydrogen (secondary N) is 1. The van der Waals surface area contributed by atoms with E-state index < -0.39 is 0 Å². The summed E-state index contributed by atoms with van der Waals surface area (Å²) in [7, 11) is 1.58. The molecular weight excluding hydrogens is 468 g/mol. The van der Waals surface area contributed by atoms with Crippen LogP contribution in [0.2, 0.25) is 0 Å². The van der Waals surface area contributed by atoms with E-state index in [2.05, 4.69) is 5.32 Å². The van der Waals surface area contributed by atoms with Gasteiger partial charge in [0, 0.05) is 11.3 Å². The molecule has 4 rings (SSSR count). The number of rotatable bonds is 7. The number of ether oxygens (including phenoxy) is 2. The first-order valence-corrected chi connectivity index (χ1v) is 11.7. The Bertz CT molecular complexity index is 1250. The van der Waals surface area contributed by atoms with Crippen LogP contribution in [0.15, 0.2) is 77.7 Å². The first-order chi connectivity index (χ1) is 16.4. The molecule has 1 fully saturated rings. The summed E-state index contributed by atoms with van der Waals surface area (Å²) in [5.41, 5.74) is 3.16. The molecule has 2 amide bonds. The second-order valence-electron chi connectivity index (χ2n) is 7.46. The minimum atomic E-state index is -0.300. The molecule has 0 saturated carbocycles. The molecule has 172 valence electrons. The van der Waals surface area contributed by atoms with Crippen LogP contribution in [0.25, 0.3) is 6.08 Å². The van der Waals surface area contributed by atoms with Gasteiger partial charge in [0.15, 0.2) is 10.9 Å². The smallest absolute Gasteiger partial charge is 0.270 e. The summed E-state index contributed by atoms with van der Waals surface area (Å²) in [4.78, 5) is 27.4. The van der Waals surface area contributed by atoms with Crippen molar-refractivity contribution >= 4 is 57.6 Å². The Labute approximate surface area is 207 Å². The summed E-state index contributed by atoms with van der Waals surface area (Å²) in [6.45, 7) is 1.81. The lowest BCUT2D eigenvalue weighted by Gasteiger charge is -2.14. The lowest BCUT2D eigenvalue weighted by atomic mass is 10.1. The van der Waals surface area contributed by atoms with Crippen LogP contribution < -0.4 is 19.7 Å². The number of aryl methyl sites for hydroxylation is 1. The molecule has 1 heterocycles. The number of nitrogens with zero attached hydrogens (tertiary/aromatic N) is 1. The van der Waals surface area contributed by atoms with Crippen molar-refractivity contribution < 1.29 is 19.1 Å². The second kappa shape index (κ2) is 10.5. The van der Waals surface area contributed by atoms with Gasteiger partial charge >= 0.3 is 0 Å². The molecule has 1 saturated heterocycles. The maximum atomic E-state index is 13.1. The third kappa shape index (κ3) is 5.47. The summed E-state index contributed by atoms with van der Waals surface area (Å²) < 4.78 is 11.4. The van der Waals surface area contributed by atoms with Gasteiger partial charge in [-0.3, -0.25) is 14.5 Å². The number of thioether (sulfide) groups is 1. The topological polar surface area (TPSA) is 67.9 Å². The minimum Gasteiger partial charge on any atom is -0.497 e. The zero-order chi connectivity index (χ0) is 24.1. The van der Waals surface area contributed by atoms with Gasteiger partial charge in [0.1, 0.15) is 11.5 Å². The van der Waals surface area contributed by atoms with Crippen molar-refractivity contribution in [1.29, 1.82) is 0 Å². The summed E-state index contributed by atoms with van der Waals surface area (Å²) in [5.74, 6) is 0.709.